The van der Waals surface area contributed by atoms with E-state index >= 15 is 0 Å². The molecule has 0 spiro atoms. The van der Waals surface area contributed by atoms with E-state index in [1.807, 2.05) is 0 Å². The Labute approximate surface area is 116 Å². The molecule has 2 rings (SSSR count). The Balaban J connectivity index is 2.20. The van der Waals surface area contributed by atoms with Gasteiger partial charge in [-0.05, 0) is 31.9 Å². The molecule has 0 aromatic carbocycles. The van der Waals surface area contributed by atoms with Gasteiger partial charge in [0.2, 0.25) is 0 Å². The van der Waals surface area contributed by atoms with Crippen LogP contribution in [0.2, 0.25) is 0 Å². The average Bonchev–Trinajstić information content (AvgIpc) is 2.81. The molecule has 0 unspecified atom stereocenters. The lowest BCUT2D eigenvalue weighted by Crippen LogP contribution is -2.27. The molecule has 0 aromatic rings. The number of nitrogens with zero attached hydrogens (tertiary/aromatic N) is 3. The van der Waals surface area contributed by atoms with Crippen LogP contribution in [0.5, 0.6) is 0 Å². The Morgan fingerprint density at radius 1 is 1.55 bits per heavy atom. The second-order valence-electron chi connectivity index (χ2n) is 4.86. The Kier molecular flexibility index (Phi) is 4.29. The summed E-state index contributed by atoms with van der Waals surface area (Å²) in [5, 5.41) is 3.47. The zero-order valence-corrected chi connectivity index (χ0v) is 11.6. The first-order chi connectivity index (χ1) is 9.46. The number of ether oxygens (including phenoxy) is 4. The van der Waals surface area contributed by atoms with Crippen molar-refractivity contribution in [1.82, 2.24) is 0 Å². The van der Waals surface area contributed by atoms with Gasteiger partial charge in [0.15, 0.2) is 12.1 Å². The second kappa shape index (κ2) is 5.80. The fraction of sp³-hybridized carbons (Fsp3) is 0.750. The summed E-state index contributed by atoms with van der Waals surface area (Å²) in [7, 11) is 0. The summed E-state index contributed by atoms with van der Waals surface area (Å²) in [6.07, 6.45) is -0.310. The molecule has 0 amide bonds. The van der Waals surface area contributed by atoms with Crippen LogP contribution in [0.25, 0.3) is 10.4 Å². The zero-order chi connectivity index (χ0) is 14.8. The maximum absolute atomic E-state index is 11.6. The van der Waals surface area contributed by atoms with Crippen molar-refractivity contribution >= 4 is 5.97 Å². The van der Waals surface area contributed by atoms with Gasteiger partial charge in [-0.15, -0.1) is 0 Å². The molecule has 8 heteroatoms. The fourth-order valence-corrected chi connectivity index (χ4v) is 2.23. The quantitative estimate of drug-likeness (QED) is 0.256. The van der Waals surface area contributed by atoms with Crippen LogP contribution in [-0.4, -0.2) is 43.4 Å². The maximum Gasteiger partial charge on any atom is 0.330 e. The predicted molar refractivity (Wildman–Crippen MR) is 67.4 cm³/mol. The van der Waals surface area contributed by atoms with E-state index in [4.69, 9.17) is 24.5 Å². The number of fused-ring (bicyclic) bond motifs is 1. The Morgan fingerprint density at radius 2 is 2.30 bits per heavy atom. The third-order valence-corrected chi connectivity index (χ3v) is 2.94. The highest BCUT2D eigenvalue weighted by Gasteiger charge is 2.51. The standard InChI is InChI=1S/C12H17N3O5/c1-4-17-9(16)5-7-8(6-14-15-13)18-11-10(7)19-12(2,3)20-11/h5,8,10-11H,4,6H2,1-3H3/b7-5-/t8-,10-,11-/m1/s1. The van der Waals surface area contributed by atoms with Crippen LogP contribution in [0, 0.1) is 0 Å². The van der Waals surface area contributed by atoms with Crippen LogP contribution in [0.1, 0.15) is 20.8 Å². The molecule has 0 N–H and O–H groups in total. The smallest absolute Gasteiger partial charge is 0.330 e. The molecule has 2 saturated heterocycles. The van der Waals surface area contributed by atoms with Crippen LogP contribution in [-0.2, 0) is 23.7 Å². The third kappa shape index (κ3) is 3.10. The highest BCUT2D eigenvalue weighted by molar-refractivity contribution is 5.83. The topological polar surface area (TPSA) is 103 Å². The van der Waals surface area contributed by atoms with Crippen LogP contribution in [0.15, 0.2) is 16.8 Å². The molecular weight excluding hydrogens is 266 g/mol. The summed E-state index contributed by atoms with van der Waals surface area (Å²) in [6, 6.07) is 0. The van der Waals surface area contributed by atoms with Crippen LogP contribution in [0.3, 0.4) is 0 Å². The average molecular weight is 283 g/mol. The van der Waals surface area contributed by atoms with E-state index in [1.54, 1.807) is 20.8 Å². The molecule has 8 nitrogen and oxygen atoms in total. The first-order valence-corrected chi connectivity index (χ1v) is 6.37. The van der Waals surface area contributed by atoms with E-state index in [2.05, 4.69) is 10.0 Å². The number of esters is 1. The summed E-state index contributed by atoms with van der Waals surface area (Å²) < 4.78 is 21.8. The predicted octanol–water partition coefficient (Wildman–Crippen LogP) is 1.66. The molecule has 2 aliphatic heterocycles. The first kappa shape index (κ1) is 14.8. The molecule has 2 aliphatic rings. The van der Waals surface area contributed by atoms with Gasteiger partial charge in [0.05, 0.1) is 19.3 Å². The van der Waals surface area contributed by atoms with Crippen molar-refractivity contribution in [1.29, 1.82) is 0 Å². The molecule has 0 radical (unpaired) electrons. The van der Waals surface area contributed by atoms with E-state index in [1.165, 1.54) is 6.08 Å². The van der Waals surface area contributed by atoms with Gasteiger partial charge in [0.25, 0.3) is 0 Å². The summed E-state index contributed by atoms with van der Waals surface area (Å²) in [5.41, 5.74) is 8.97. The molecular formula is C12H17N3O5. The zero-order valence-electron chi connectivity index (χ0n) is 11.6. The number of hydrogen-bond donors (Lipinski definition) is 0. The Morgan fingerprint density at radius 3 is 2.95 bits per heavy atom. The van der Waals surface area contributed by atoms with Crippen LogP contribution in [0.4, 0.5) is 0 Å². The highest BCUT2D eigenvalue weighted by Crippen LogP contribution is 2.40. The number of azide groups is 1. The largest absolute Gasteiger partial charge is 0.463 e. The second-order valence-corrected chi connectivity index (χ2v) is 4.86. The van der Waals surface area contributed by atoms with Gasteiger partial charge in [-0.3, -0.25) is 0 Å². The number of carbonyl (C=O) groups is 1. The Hall–Kier alpha value is -1.60. The summed E-state index contributed by atoms with van der Waals surface area (Å²) in [4.78, 5) is 14.3. The number of rotatable bonds is 4. The van der Waals surface area contributed by atoms with Gasteiger partial charge in [0.1, 0.15) is 6.10 Å². The lowest BCUT2D eigenvalue weighted by atomic mass is 10.1. The van der Waals surface area contributed by atoms with Crippen LogP contribution < -0.4 is 0 Å². The fourth-order valence-electron chi connectivity index (χ4n) is 2.23. The van der Waals surface area contributed by atoms with Crippen molar-refractivity contribution in [2.24, 2.45) is 5.11 Å². The monoisotopic (exact) mass is 283 g/mol. The van der Waals surface area contributed by atoms with Crippen molar-refractivity contribution in [2.75, 3.05) is 13.2 Å². The molecule has 0 bridgehead atoms. The molecule has 0 saturated carbocycles. The summed E-state index contributed by atoms with van der Waals surface area (Å²) >= 11 is 0. The number of hydrogen-bond acceptors (Lipinski definition) is 6. The SMILES string of the molecule is CCOC(=O)/C=C1\[C@H]2OC(C)(C)O[C@H]2O[C@@H]1CN=[N+]=[N-]. The minimum atomic E-state index is -0.785. The van der Waals surface area contributed by atoms with Gasteiger partial charge in [-0.25, -0.2) is 4.79 Å². The van der Waals surface area contributed by atoms with Gasteiger partial charge < -0.3 is 18.9 Å². The van der Waals surface area contributed by atoms with Crippen molar-refractivity contribution in [3.8, 4) is 0 Å². The van der Waals surface area contributed by atoms with Crippen molar-refractivity contribution in [2.45, 2.75) is 45.1 Å². The van der Waals surface area contributed by atoms with E-state index < -0.39 is 30.3 Å². The molecule has 2 fully saturated rings. The molecule has 0 aromatic heterocycles. The van der Waals surface area contributed by atoms with Crippen molar-refractivity contribution in [3.05, 3.63) is 22.1 Å². The molecule has 20 heavy (non-hydrogen) atoms. The van der Waals surface area contributed by atoms with Gasteiger partial charge in [-0.1, -0.05) is 5.11 Å². The summed E-state index contributed by atoms with van der Waals surface area (Å²) in [5.74, 6) is -1.27. The van der Waals surface area contributed by atoms with Gasteiger partial charge >= 0.3 is 5.97 Å². The van der Waals surface area contributed by atoms with E-state index in [-0.39, 0.29) is 13.2 Å². The van der Waals surface area contributed by atoms with Gasteiger partial charge in [0, 0.05) is 11.0 Å². The van der Waals surface area contributed by atoms with Gasteiger partial charge in [-0.2, -0.15) is 0 Å². The summed E-state index contributed by atoms with van der Waals surface area (Å²) in [6.45, 7) is 5.60. The van der Waals surface area contributed by atoms with Crippen molar-refractivity contribution < 1.29 is 23.7 Å². The molecule has 3 atom stereocenters. The van der Waals surface area contributed by atoms with E-state index in [0.29, 0.717) is 5.57 Å². The maximum atomic E-state index is 11.6. The minimum Gasteiger partial charge on any atom is -0.463 e. The minimum absolute atomic E-state index is 0.0713. The first-order valence-electron chi connectivity index (χ1n) is 6.37. The van der Waals surface area contributed by atoms with Crippen LogP contribution >= 0.6 is 0 Å². The normalized spacial score (nSPS) is 32.8. The van der Waals surface area contributed by atoms with E-state index in [0.717, 1.165) is 0 Å². The lowest BCUT2D eigenvalue weighted by Gasteiger charge is -2.21. The molecule has 110 valence electrons. The molecule has 2 heterocycles. The highest BCUT2D eigenvalue weighted by atomic mass is 16.8. The van der Waals surface area contributed by atoms with E-state index in [9.17, 15) is 4.79 Å². The molecule has 0 aliphatic carbocycles. The van der Waals surface area contributed by atoms with Crippen molar-refractivity contribution in [3.63, 3.8) is 0 Å². The third-order valence-electron chi connectivity index (χ3n) is 2.94. The lowest BCUT2D eigenvalue weighted by molar-refractivity contribution is -0.199. The number of carbonyl (C=O) groups excluding carboxylic acids is 1. The Bertz CT molecular complexity index is 470.